The first-order valence-electron chi connectivity index (χ1n) is 13.8. The predicted octanol–water partition coefficient (Wildman–Crippen LogP) is 5.51. The summed E-state index contributed by atoms with van der Waals surface area (Å²) in [7, 11) is 0. The average Bonchev–Trinajstić information content (AvgIpc) is 3.34. The molecule has 1 aliphatic rings. The number of hydrogen-bond donors (Lipinski definition) is 3. The van der Waals surface area contributed by atoms with Gasteiger partial charge in [-0.05, 0) is 52.4 Å². The van der Waals surface area contributed by atoms with E-state index in [4.69, 9.17) is 14.6 Å². The van der Waals surface area contributed by atoms with E-state index in [1.54, 1.807) is 19.1 Å². The van der Waals surface area contributed by atoms with Gasteiger partial charge in [0.05, 0.1) is 18.3 Å². The molecular weight excluding hydrogens is 532 g/mol. The quantitative estimate of drug-likeness (QED) is 0.221. The van der Waals surface area contributed by atoms with Crippen LogP contribution in [0.25, 0.3) is 11.1 Å². The number of rotatable bonds is 11. The third-order valence-corrected chi connectivity index (χ3v) is 7.39. The Morgan fingerprint density at radius 1 is 0.786 bits per heavy atom. The molecule has 0 heterocycles. The largest absolute Gasteiger partial charge is 0.478 e. The van der Waals surface area contributed by atoms with Crippen LogP contribution < -0.4 is 10.6 Å². The van der Waals surface area contributed by atoms with E-state index in [1.807, 2.05) is 66.7 Å². The van der Waals surface area contributed by atoms with Crippen LogP contribution in [0.15, 0.2) is 103 Å². The van der Waals surface area contributed by atoms with Crippen molar-refractivity contribution in [1.82, 2.24) is 10.6 Å². The molecular formula is C34H32N2O6. The lowest BCUT2D eigenvalue weighted by Gasteiger charge is -2.25. The van der Waals surface area contributed by atoms with Gasteiger partial charge in [0.1, 0.15) is 12.6 Å². The number of carboxylic acid groups (broad SMARTS) is 1. The fourth-order valence-electron chi connectivity index (χ4n) is 5.13. The highest BCUT2D eigenvalue weighted by molar-refractivity contribution is 5.88. The molecule has 0 aromatic heterocycles. The molecule has 214 valence electrons. The van der Waals surface area contributed by atoms with Crippen LogP contribution in [0.1, 0.15) is 45.5 Å². The van der Waals surface area contributed by atoms with Crippen LogP contribution in [0.5, 0.6) is 0 Å². The van der Waals surface area contributed by atoms with Gasteiger partial charge in [0, 0.05) is 12.5 Å². The minimum Gasteiger partial charge on any atom is -0.478 e. The molecule has 4 aromatic rings. The maximum absolute atomic E-state index is 13.3. The molecule has 42 heavy (non-hydrogen) atoms. The van der Waals surface area contributed by atoms with Gasteiger partial charge in [-0.3, -0.25) is 4.79 Å². The number of carbonyl (C=O) groups is 3. The van der Waals surface area contributed by atoms with Crippen molar-refractivity contribution < 1.29 is 29.0 Å². The zero-order valence-electron chi connectivity index (χ0n) is 23.2. The second-order valence-electron chi connectivity index (χ2n) is 10.2. The first-order chi connectivity index (χ1) is 20.4. The number of carboxylic acids is 1. The van der Waals surface area contributed by atoms with Crippen molar-refractivity contribution in [3.05, 3.63) is 131 Å². The topological polar surface area (TPSA) is 114 Å². The van der Waals surface area contributed by atoms with E-state index in [9.17, 15) is 14.4 Å². The van der Waals surface area contributed by atoms with Crippen LogP contribution in [-0.2, 0) is 27.4 Å². The maximum atomic E-state index is 13.3. The summed E-state index contributed by atoms with van der Waals surface area (Å²) in [5, 5.41) is 14.6. The zero-order valence-corrected chi connectivity index (χ0v) is 23.2. The smallest absolute Gasteiger partial charge is 0.407 e. The van der Waals surface area contributed by atoms with E-state index in [2.05, 4.69) is 22.8 Å². The molecule has 0 unspecified atom stereocenters. The summed E-state index contributed by atoms with van der Waals surface area (Å²) in [4.78, 5) is 37.5. The second kappa shape index (κ2) is 13.1. The summed E-state index contributed by atoms with van der Waals surface area (Å²) in [6.45, 7) is 2.24. The van der Waals surface area contributed by atoms with Gasteiger partial charge < -0.3 is 25.2 Å². The van der Waals surface area contributed by atoms with Crippen LogP contribution >= 0.6 is 0 Å². The number of hydrogen-bond acceptors (Lipinski definition) is 5. The summed E-state index contributed by atoms with van der Waals surface area (Å²) >= 11 is 0. The van der Waals surface area contributed by atoms with Gasteiger partial charge in [0.2, 0.25) is 5.91 Å². The van der Waals surface area contributed by atoms with E-state index in [-0.39, 0.29) is 31.2 Å². The number of amides is 2. The predicted molar refractivity (Wildman–Crippen MR) is 158 cm³/mol. The van der Waals surface area contributed by atoms with Crippen LogP contribution in [0.3, 0.4) is 0 Å². The van der Waals surface area contributed by atoms with E-state index < -0.39 is 30.1 Å². The fraction of sp³-hybridized carbons (Fsp3) is 0.206. The van der Waals surface area contributed by atoms with Crippen molar-refractivity contribution in [3.63, 3.8) is 0 Å². The summed E-state index contributed by atoms with van der Waals surface area (Å²) in [5.74, 6) is -1.59. The Hall–Kier alpha value is -4.95. The SMILES string of the molecule is C[C@H](OCc1ccccc1)[C@@H](NC(=O)OCC1c2ccccc2-c2ccccc21)C(=O)NCc1ccc(C(=O)O)cc1. The van der Waals surface area contributed by atoms with Gasteiger partial charge in [0.15, 0.2) is 0 Å². The normalized spacial score (nSPS) is 13.4. The summed E-state index contributed by atoms with van der Waals surface area (Å²) in [6.07, 6.45) is -1.40. The lowest BCUT2D eigenvalue weighted by Crippen LogP contribution is -2.53. The molecule has 8 nitrogen and oxygen atoms in total. The van der Waals surface area contributed by atoms with E-state index in [0.717, 1.165) is 27.8 Å². The van der Waals surface area contributed by atoms with Crippen molar-refractivity contribution in [3.8, 4) is 11.1 Å². The standard InChI is InChI=1S/C34H32N2O6/c1-22(41-20-24-9-3-2-4-10-24)31(32(37)35-19-23-15-17-25(18-16-23)33(38)39)36-34(40)42-21-30-28-13-7-5-11-26(28)27-12-6-8-14-29(27)30/h2-18,22,30-31H,19-21H2,1H3,(H,35,37)(H,36,40)(H,38,39)/t22-,31+/m0/s1. The van der Waals surface area contributed by atoms with E-state index in [0.29, 0.717) is 5.56 Å². The van der Waals surface area contributed by atoms with Crippen LogP contribution in [0.4, 0.5) is 4.79 Å². The first kappa shape index (κ1) is 28.6. The number of ether oxygens (including phenoxy) is 2. The number of aromatic carboxylic acids is 1. The van der Waals surface area contributed by atoms with Crippen molar-refractivity contribution >= 4 is 18.0 Å². The average molecular weight is 565 g/mol. The van der Waals surface area contributed by atoms with Gasteiger partial charge in [-0.25, -0.2) is 9.59 Å². The lowest BCUT2D eigenvalue weighted by atomic mass is 9.98. The third kappa shape index (κ3) is 6.67. The Morgan fingerprint density at radius 2 is 1.38 bits per heavy atom. The molecule has 4 aromatic carbocycles. The highest BCUT2D eigenvalue weighted by Gasteiger charge is 2.31. The minimum atomic E-state index is -1.04. The van der Waals surface area contributed by atoms with E-state index >= 15 is 0 Å². The Labute approximate surface area is 244 Å². The molecule has 0 fully saturated rings. The Balaban J connectivity index is 1.25. The molecule has 0 aliphatic heterocycles. The molecule has 2 amide bonds. The molecule has 1 aliphatic carbocycles. The molecule has 2 atom stereocenters. The fourth-order valence-corrected chi connectivity index (χ4v) is 5.13. The molecule has 3 N–H and O–H groups in total. The first-order valence-corrected chi connectivity index (χ1v) is 13.8. The Morgan fingerprint density at radius 3 is 2.00 bits per heavy atom. The maximum Gasteiger partial charge on any atom is 0.407 e. The number of fused-ring (bicyclic) bond motifs is 3. The van der Waals surface area contributed by atoms with Crippen LogP contribution in [0.2, 0.25) is 0 Å². The van der Waals surface area contributed by atoms with Crippen molar-refractivity contribution in [2.45, 2.75) is 38.1 Å². The molecule has 0 saturated carbocycles. The molecule has 0 radical (unpaired) electrons. The van der Waals surface area contributed by atoms with Crippen molar-refractivity contribution in [2.24, 2.45) is 0 Å². The number of alkyl carbamates (subject to hydrolysis) is 1. The molecule has 0 saturated heterocycles. The molecule has 5 rings (SSSR count). The van der Waals surface area contributed by atoms with Gasteiger partial charge in [-0.2, -0.15) is 0 Å². The molecule has 0 spiro atoms. The third-order valence-electron chi connectivity index (χ3n) is 7.39. The zero-order chi connectivity index (χ0) is 29.5. The van der Waals surface area contributed by atoms with Crippen molar-refractivity contribution in [1.29, 1.82) is 0 Å². The Bertz CT molecular complexity index is 1510. The van der Waals surface area contributed by atoms with Crippen LogP contribution in [-0.4, -0.2) is 41.8 Å². The van der Waals surface area contributed by atoms with Crippen LogP contribution in [0, 0.1) is 0 Å². The van der Waals surface area contributed by atoms with Gasteiger partial charge in [-0.15, -0.1) is 0 Å². The highest BCUT2D eigenvalue weighted by Crippen LogP contribution is 2.44. The molecule has 0 bridgehead atoms. The minimum absolute atomic E-state index is 0.114. The molecule has 8 heteroatoms. The number of carbonyl (C=O) groups excluding carboxylic acids is 2. The number of benzene rings is 4. The van der Waals surface area contributed by atoms with E-state index in [1.165, 1.54) is 12.1 Å². The van der Waals surface area contributed by atoms with Gasteiger partial charge in [0.25, 0.3) is 0 Å². The lowest BCUT2D eigenvalue weighted by molar-refractivity contribution is -0.127. The van der Waals surface area contributed by atoms with Crippen molar-refractivity contribution in [2.75, 3.05) is 6.61 Å². The summed E-state index contributed by atoms with van der Waals surface area (Å²) in [5.41, 5.74) is 6.23. The number of nitrogens with one attached hydrogen (secondary N) is 2. The second-order valence-corrected chi connectivity index (χ2v) is 10.2. The van der Waals surface area contributed by atoms with Gasteiger partial charge >= 0.3 is 12.1 Å². The highest BCUT2D eigenvalue weighted by atomic mass is 16.5. The summed E-state index contributed by atoms with van der Waals surface area (Å²) < 4.78 is 11.7. The Kier molecular flexibility index (Phi) is 8.94. The van der Waals surface area contributed by atoms with Gasteiger partial charge in [-0.1, -0.05) is 91.0 Å². The monoisotopic (exact) mass is 564 g/mol. The summed E-state index contributed by atoms with van der Waals surface area (Å²) in [6, 6.07) is 30.9.